The van der Waals surface area contributed by atoms with Crippen LogP contribution in [0.5, 0.6) is 0 Å². The second-order valence-electron chi connectivity index (χ2n) is 5.22. The van der Waals surface area contributed by atoms with E-state index in [1.165, 1.54) is 0 Å². The highest BCUT2D eigenvalue weighted by molar-refractivity contribution is 6.31. The van der Waals surface area contributed by atoms with Crippen LogP contribution in [0.4, 0.5) is 5.69 Å². The number of nitrogens with one attached hydrogen (secondary N) is 2. The lowest BCUT2D eigenvalue weighted by Crippen LogP contribution is -2.28. The van der Waals surface area contributed by atoms with Gasteiger partial charge in [0.25, 0.3) is 0 Å². The normalized spacial score (nSPS) is 12.1. The first-order chi connectivity index (χ1) is 10.6. The summed E-state index contributed by atoms with van der Waals surface area (Å²) in [5.74, 6) is -0.336. The number of benzene rings is 1. The first-order valence-electron chi connectivity index (χ1n) is 7.28. The van der Waals surface area contributed by atoms with Crippen molar-refractivity contribution in [1.82, 2.24) is 10.3 Å². The average Bonchev–Trinajstić information content (AvgIpc) is 2.51. The molecule has 1 aromatic carbocycles. The third-order valence-corrected chi connectivity index (χ3v) is 3.62. The summed E-state index contributed by atoms with van der Waals surface area (Å²) in [6.07, 6.45) is 3.51. The predicted octanol–water partition coefficient (Wildman–Crippen LogP) is 2.58. The number of pyridine rings is 1. The minimum Gasteiger partial charge on any atom is -0.387 e. The van der Waals surface area contributed by atoms with Gasteiger partial charge in [0.15, 0.2) is 0 Å². The van der Waals surface area contributed by atoms with E-state index in [0.717, 1.165) is 29.4 Å². The average molecular weight is 322 g/mol. The number of anilines is 1. The molecule has 1 heterocycles. The number of carbonyl (C=O) groups is 1. The topological polar surface area (TPSA) is 74.2 Å². The molecule has 22 heavy (non-hydrogen) atoms. The van der Waals surface area contributed by atoms with E-state index < -0.39 is 6.61 Å². The molecule has 2 aromatic rings. The van der Waals surface area contributed by atoms with Crippen molar-refractivity contribution in [3.63, 3.8) is 0 Å². The van der Waals surface area contributed by atoms with Crippen molar-refractivity contribution >= 4 is 34.1 Å². The Bertz CT molecular complexity index is 648. The number of halogens is 1. The third-order valence-electron chi connectivity index (χ3n) is 3.39. The molecule has 118 valence electrons. The number of aliphatic hydroxyl groups is 1. The van der Waals surface area contributed by atoms with Crippen LogP contribution in [0.2, 0.25) is 5.02 Å². The van der Waals surface area contributed by atoms with Gasteiger partial charge in [-0.3, -0.25) is 9.78 Å². The fourth-order valence-corrected chi connectivity index (χ4v) is 2.44. The first kappa shape index (κ1) is 16.5. The molecular weight excluding hydrogens is 302 g/mol. The van der Waals surface area contributed by atoms with Gasteiger partial charge in [0.05, 0.1) is 5.52 Å². The highest BCUT2D eigenvalue weighted by Crippen LogP contribution is 2.25. The molecule has 0 aliphatic carbocycles. The summed E-state index contributed by atoms with van der Waals surface area (Å²) in [7, 11) is 0. The Kier molecular flexibility index (Phi) is 5.98. The highest BCUT2D eigenvalue weighted by atomic mass is 35.5. The number of amides is 1. The number of nitrogens with zero attached hydrogens (tertiary/aromatic N) is 1. The number of fused-ring (bicyclic) bond motifs is 1. The van der Waals surface area contributed by atoms with Crippen molar-refractivity contribution in [2.75, 3.05) is 18.5 Å². The van der Waals surface area contributed by atoms with Crippen LogP contribution < -0.4 is 10.6 Å². The first-order valence-corrected chi connectivity index (χ1v) is 7.66. The van der Waals surface area contributed by atoms with Crippen molar-refractivity contribution in [1.29, 1.82) is 0 Å². The van der Waals surface area contributed by atoms with Crippen LogP contribution in [0.3, 0.4) is 0 Å². The van der Waals surface area contributed by atoms with Crippen molar-refractivity contribution in [3.8, 4) is 0 Å². The Morgan fingerprint density at radius 2 is 2.23 bits per heavy atom. The molecule has 0 aliphatic rings. The quantitative estimate of drug-likeness (QED) is 0.685. The standard InChI is InChI=1S/C16H20ClN3O2/c1-11(3-2-7-19-16(22)10-21)20-14-6-8-18-15-9-12(17)4-5-13(14)15/h4-6,8-9,11,21H,2-3,7,10H2,1H3,(H,18,20)(H,19,22). The molecule has 5 nitrogen and oxygen atoms in total. The summed E-state index contributed by atoms with van der Waals surface area (Å²) in [5.41, 5.74) is 1.88. The summed E-state index contributed by atoms with van der Waals surface area (Å²) < 4.78 is 0. The van der Waals surface area contributed by atoms with Crippen LogP contribution in [-0.4, -0.2) is 35.2 Å². The third kappa shape index (κ3) is 4.58. The maximum atomic E-state index is 10.9. The van der Waals surface area contributed by atoms with Gasteiger partial charge in [-0.1, -0.05) is 11.6 Å². The Hall–Kier alpha value is -1.85. The number of aromatic nitrogens is 1. The molecule has 0 radical (unpaired) electrons. The SMILES string of the molecule is CC(CCCNC(=O)CO)Nc1ccnc2cc(Cl)ccc12. The van der Waals surface area contributed by atoms with Crippen LogP contribution in [-0.2, 0) is 4.79 Å². The Labute approximate surface area is 134 Å². The maximum absolute atomic E-state index is 10.9. The monoisotopic (exact) mass is 321 g/mol. The van der Waals surface area contributed by atoms with E-state index in [-0.39, 0.29) is 11.9 Å². The smallest absolute Gasteiger partial charge is 0.245 e. The zero-order valence-corrected chi connectivity index (χ0v) is 13.2. The molecule has 1 aromatic heterocycles. The lowest BCUT2D eigenvalue weighted by atomic mass is 10.1. The van der Waals surface area contributed by atoms with Crippen LogP contribution in [0.15, 0.2) is 30.5 Å². The molecule has 2 rings (SSSR count). The van der Waals surface area contributed by atoms with Gasteiger partial charge in [-0.05, 0) is 44.0 Å². The zero-order chi connectivity index (χ0) is 15.9. The minimum absolute atomic E-state index is 0.257. The molecule has 0 fully saturated rings. The van der Waals surface area contributed by atoms with Crippen LogP contribution in [0, 0.1) is 0 Å². The van der Waals surface area contributed by atoms with Crippen molar-refractivity contribution in [2.45, 2.75) is 25.8 Å². The van der Waals surface area contributed by atoms with Gasteiger partial charge in [0, 0.05) is 34.9 Å². The van der Waals surface area contributed by atoms with Crippen LogP contribution in [0.1, 0.15) is 19.8 Å². The molecule has 3 N–H and O–H groups in total. The molecule has 0 aliphatic heterocycles. The molecule has 1 atom stereocenters. The summed E-state index contributed by atoms with van der Waals surface area (Å²) in [6, 6.07) is 7.86. The molecule has 0 saturated heterocycles. The number of aliphatic hydroxyl groups excluding tert-OH is 1. The van der Waals surface area contributed by atoms with Crippen LogP contribution >= 0.6 is 11.6 Å². The van der Waals surface area contributed by atoms with Crippen molar-refractivity contribution in [3.05, 3.63) is 35.5 Å². The molecule has 1 unspecified atom stereocenters. The summed E-state index contributed by atoms with van der Waals surface area (Å²) in [5, 5.41) is 16.4. The van der Waals surface area contributed by atoms with E-state index in [2.05, 4.69) is 22.5 Å². The zero-order valence-electron chi connectivity index (χ0n) is 12.5. The van der Waals surface area contributed by atoms with E-state index in [1.54, 1.807) is 6.20 Å². The molecule has 0 bridgehead atoms. The Morgan fingerprint density at radius 3 is 3.00 bits per heavy atom. The molecule has 0 spiro atoms. The predicted molar refractivity (Wildman–Crippen MR) is 89.2 cm³/mol. The van der Waals surface area contributed by atoms with E-state index in [9.17, 15) is 4.79 Å². The fourth-order valence-electron chi connectivity index (χ4n) is 2.28. The second kappa shape index (κ2) is 7.96. The molecular formula is C16H20ClN3O2. The summed E-state index contributed by atoms with van der Waals surface area (Å²) >= 11 is 5.99. The van der Waals surface area contributed by atoms with Gasteiger partial charge in [-0.25, -0.2) is 0 Å². The Morgan fingerprint density at radius 1 is 1.41 bits per heavy atom. The molecule has 6 heteroatoms. The van der Waals surface area contributed by atoms with E-state index >= 15 is 0 Å². The summed E-state index contributed by atoms with van der Waals surface area (Å²) in [4.78, 5) is 15.2. The number of rotatable bonds is 7. The number of hydrogen-bond acceptors (Lipinski definition) is 4. The van der Waals surface area contributed by atoms with Gasteiger partial charge in [-0.2, -0.15) is 0 Å². The minimum atomic E-state index is -0.459. The molecule has 1 amide bonds. The van der Waals surface area contributed by atoms with Crippen molar-refractivity contribution in [2.24, 2.45) is 0 Å². The number of hydrogen-bond donors (Lipinski definition) is 3. The van der Waals surface area contributed by atoms with E-state index in [1.807, 2.05) is 24.3 Å². The highest BCUT2D eigenvalue weighted by Gasteiger charge is 2.07. The largest absolute Gasteiger partial charge is 0.387 e. The van der Waals surface area contributed by atoms with Crippen LogP contribution in [0.25, 0.3) is 10.9 Å². The van der Waals surface area contributed by atoms with E-state index in [0.29, 0.717) is 11.6 Å². The van der Waals surface area contributed by atoms with E-state index in [4.69, 9.17) is 16.7 Å². The molecule has 0 saturated carbocycles. The van der Waals surface area contributed by atoms with Gasteiger partial charge >= 0.3 is 0 Å². The lowest BCUT2D eigenvalue weighted by molar-refractivity contribution is -0.123. The van der Waals surface area contributed by atoms with Gasteiger partial charge in [0.2, 0.25) is 5.91 Å². The fraction of sp³-hybridized carbons (Fsp3) is 0.375. The maximum Gasteiger partial charge on any atom is 0.245 e. The van der Waals surface area contributed by atoms with Crippen molar-refractivity contribution < 1.29 is 9.90 Å². The lowest BCUT2D eigenvalue weighted by Gasteiger charge is -2.17. The second-order valence-corrected chi connectivity index (χ2v) is 5.65. The number of carbonyl (C=O) groups excluding carboxylic acids is 1. The van der Waals surface area contributed by atoms with Gasteiger partial charge < -0.3 is 15.7 Å². The van der Waals surface area contributed by atoms with Gasteiger partial charge in [0.1, 0.15) is 6.61 Å². The Balaban J connectivity index is 1.91. The van der Waals surface area contributed by atoms with Gasteiger partial charge in [-0.15, -0.1) is 0 Å². The summed E-state index contributed by atoms with van der Waals surface area (Å²) in [6.45, 7) is 2.20.